The maximum atomic E-state index is 12.7. The number of ether oxygens (including phenoxy) is 4. The van der Waals surface area contributed by atoms with Crippen molar-refractivity contribution in [3.05, 3.63) is 72.9 Å². The molecule has 0 saturated carbocycles. The average molecular weight is 923 g/mol. The van der Waals surface area contributed by atoms with Crippen LogP contribution in [0.25, 0.3) is 0 Å². The third-order valence-electron chi connectivity index (χ3n) is 10.9. The zero-order chi connectivity index (χ0) is 46.9. The Hall–Kier alpha value is -2.91. The van der Waals surface area contributed by atoms with Gasteiger partial charge in [-0.05, 0) is 57.8 Å². The van der Waals surface area contributed by atoms with Crippen LogP contribution in [0, 0.1) is 0 Å². The highest BCUT2D eigenvalue weighted by Crippen LogP contribution is 2.24. The van der Waals surface area contributed by atoms with Crippen LogP contribution in [0.15, 0.2) is 72.9 Å². The number of hydrogen-bond donors (Lipinski definition) is 4. The molecule has 1 rings (SSSR count). The molecule has 368 valence electrons. The number of aliphatic hydroxyl groups excluding tert-OH is 3. The second-order valence-electron chi connectivity index (χ2n) is 16.8. The molecule has 1 fully saturated rings. The summed E-state index contributed by atoms with van der Waals surface area (Å²) in [5, 5.41) is 30.9. The molecule has 0 aromatic heterocycles. The molecule has 6 atom stereocenters. The minimum absolute atomic E-state index is 0.121. The van der Waals surface area contributed by atoms with E-state index >= 15 is 0 Å². The zero-order valence-corrected chi connectivity index (χ0v) is 40.2. The highest BCUT2D eigenvalue weighted by Gasteiger charge is 2.46. The Morgan fingerprint density at radius 3 is 1.56 bits per heavy atom. The van der Waals surface area contributed by atoms with Gasteiger partial charge in [-0.2, -0.15) is 8.42 Å². The molecule has 4 N–H and O–H groups in total. The van der Waals surface area contributed by atoms with Crippen molar-refractivity contribution < 1.29 is 56.8 Å². The molecule has 1 saturated heterocycles. The molecule has 0 aliphatic carbocycles. The monoisotopic (exact) mass is 923 g/mol. The average Bonchev–Trinajstić information content (AvgIpc) is 3.26. The number of rotatable bonds is 40. The first-order valence-electron chi connectivity index (χ1n) is 24.5. The lowest BCUT2D eigenvalue weighted by Gasteiger charge is -2.40. The van der Waals surface area contributed by atoms with E-state index in [0.29, 0.717) is 12.8 Å². The fraction of sp³-hybridized carbons (Fsp3) is 0.725. The van der Waals surface area contributed by atoms with Gasteiger partial charge in [-0.3, -0.25) is 9.35 Å². The summed E-state index contributed by atoms with van der Waals surface area (Å²) in [5.74, 6) is -2.33. The lowest BCUT2D eigenvalue weighted by molar-refractivity contribution is -0.297. The number of hydrogen-bond acceptors (Lipinski definition) is 11. The van der Waals surface area contributed by atoms with Gasteiger partial charge in [-0.25, -0.2) is 4.79 Å². The minimum Gasteiger partial charge on any atom is -0.462 e. The van der Waals surface area contributed by atoms with Gasteiger partial charge in [0.05, 0.1) is 6.61 Å². The van der Waals surface area contributed by atoms with Crippen LogP contribution in [0.5, 0.6) is 0 Å². The van der Waals surface area contributed by atoms with Gasteiger partial charge in [0.25, 0.3) is 10.1 Å². The van der Waals surface area contributed by atoms with E-state index in [9.17, 15) is 37.9 Å². The summed E-state index contributed by atoms with van der Waals surface area (Å²) in [4.78, 5) is 25.3. The maximum Gasteiger partial charge on any atom is 0.331 e. The van der Waals surface area contributed by atoms with Crippen LogP contribution in [-0.2, 0) is 38.7 Å². The van der Waals surface area contributed by atoms with E-state index in [-0.39, 0.29) is 13.0 Å². The van der Waals surface area contributed by atoms with Gasteiger partial charge in [-0.1, -0.05) is 183 Å². The Bertz CT molecular complexity index is 1450. The van der Waals surface area contributed by atoms with Gasteiger partial charge in [0.2, 0.25) is 0 Å². The van der Waals surface area contributed by atoms with E-state index < -0.39 is 71.2 Å². The van der Waals surface area contributed by atoms with Gasteiger partial charge in [0.15, 0.2) is 12.4 Å². The number of esters is 2. The second-order valence-corrected chi connectivity index (χ2v) is 18.3. The van der Waals surface area contributed by atoms with E-state index in [4.69, 9.17) is 18.9 Å². The molecule has 2 unspecified atom stereocenters. The van der Waals surface area contributed by atoms with Gasteiger partial charge in [-0.15, -0.1) is 0 Å². The summed E-state index contributed by atoms with van der Waals surface area (Å²) in [6.07, 6.45) is 43.0. The van der Waals surface area contributed by atoms with Crippen molar-refractivity contribution >= 4 is 22.1 Å². The summed E-state index contributed by atoms with van der Waals surface area (Å²) < 4.78 is 53.9. The molecule has 0 aromatic carbocycles. The number of aliphatic hydroxyl groups is 3. The minimum atomic E-state index is -4.62. The van der Waals surface area contributed by atoms with E-state index in [1.54, 1.807) is 12.2 Å². The molecule has 1 aliphatic heterocycles. The predicted molar refractivity (Wildman–Crippen MR) is 256 cm³/mol. The molecule has 1 aliphatic rings. The van der Waals surface area contributed by atoms with Crippen LogP contribution in [0.1, 0.15) is 181 Å². The van der Waals surface area contributed by atoms with E-state index in [0.717, 1.165) is 44.9 Å². The predicted octanol–water partition coefficient (Wildman–Crippen LogP) is 10.7. The summed E-state index contributed by atoms with van der Waals surface area (Å²) >= 11 is 0. The molecule has 0 aromatic rings. The quantitative estimate of drug-likeness (QED) is 0.0114. The van der Waals surface area contributed by atoms with Gasteiger partial charge < -0.3 is 34.3 Å². The largest absolute Gasteiger partial charge is 0.462 e. The first-order valence-corrected chi connectivity index (χ1v) is 26.1. The van der Waals surface area contributed by atoms with Crippen molar-refractivity contribution in [2.24, 2.45) is 0 Å². The van der Waals surface area contributed by atoms with Crippen LogP contribution < -0.4 is 0 Å². The van der Waals surface area contributed by atoms with Gasteiger partial charge in [0.1, 0.15) is 36.8 Å². The fourth-order valence-electron chi connectivity index (χ4n) is 7.05. The molecule has 13 heteroatoms. The number of carbonyl (C=O) groups excluding carboxylic acids is 2. The number of carbonyl (C=O) groups is 2. The lowest BCUT2D eigenvalue weighted by Crippen LogP contribution is -2.60. The number of allylic oxidation sites excluding steroid dienone is 11. The Labute approximate surface area is 387 Å². The Morgan fingerprint density at radius 1 is 0.578 bits per heavy atom. The molecule has 64 heavy (non-hydrogen) atoms. The summed E-state index contributed by atoms with van der Waals surface area (Å²) in [5.41, 5.74) is 0. The summed E-state index contributed by atoms with van der Waals surface area (Å²) in [6.45, 7) is 3.61. The van der Waals surface area contributed by atoms with Crippen molar-refractivity contribution in [3.63, 3.8) is 0 Å². The van der Waals surface area contributed by atoms with E-state index in [1.807, 2.05) is 18.2 Å². The zero-order valence-electron chi connectivity index (χ0n) is 39.4. The first kappa shape index (κ1) is 59.1. The van der Waals surface area contributed by atoms with Crippen molar-refractivity contribution in [2.75, 3.05) is 19.0 Å². The van der Waals surface area contributed by atoms with Crippen LogP contribution in [0.2, 0.25) is 0 Å². The maximum absolute atomic E-state index is 12.7. The molecule has 1 heterocycles. The van der Waals surface area contributed by atoms with E-state index in [2.05, 4.69) is 50.3 Å². The fourth-order valence-corrected chi connectivity index (χ4v) is 7.74. The van der Waals surface area contributed by atoms with Crippen LogP contribution in [-0.4, -0.2) is 96.0 Å². The van der Waals surface area contributed by atoms with Crippen molar-refractivity contribution in [1.82, 2.24) is 0 Å². The standard InChI is InChI=1S/C51H86O12S/c1-3-5-7-9-11-13-15-17-19-20-21-22-23-24-26-27-29-31-33-35-37-39-46(52)60-41-44(42-61-51-50(56)49(55)48(54)45(63-51)43-64(57,58)59)62-47(53)40-38-36-34-32-30-28-25-18-16-14-12-10-8-6-4-2/h19-20,22-23,26-27,31,33-34,36,38,40,44-45,48-51,54-56H,3-18,21,24-25,28-30,32,35,37,39,41-43H2,1-2H3,(H,57,58,59)/b20-19+,23-22+,27-26+,33-31+,36-34+,40-38+/t44-,45-,48-,49?,50?,51+/m1/s1. The summed E-state index contributed by atoms with van der Waals surface area (Å²) in [6, 6.07) is 0. The van der Waals surface area contributed by atoms with Crippen molar-refractivity contribution in [2.45, 2.75) is 218 Å². The van der Waals surface area contributed by atoms with E-state index in [1.165, 1.54) is 109 Å². The normalized spacial score (nSPS) is 20.2. The Morgan fingerprint density at radius 2 is 1.05 bits per heavy atom. The Balaban J connectivity index is 2.49. The lowest BCUT2D eigenvalue weighted by atomic mass is 10.00. The molecule has 0 spiro atoms. The first-order chi connectivity index (χ1) is 31.0. The third kappa shape index (κ3) is 34.4. The van der Waals surface area contributed by atoms with Crippen LogP contribution in [0.4, 0.5) is 0 Å². The van der Waals surface area contributed by atoms with Crippen molar-refractivity contribution in [3.8, 4) is 0 Å². The highest BCUT2D eigenvalue weighted by atomic mass is 32.2. The molecule has 12 nitrogen and oxygen atoms in total. The van der Waals surface area contributed by atoms with Gasteiger partial charge >= 0.3 is 11.9 Å². The molecule has 0 amide bonds. The van der Waals surface area contributed by atoms with Crippen LogP contribution in [0.3, 0.4) is 0 Å². The molecule has 0 radical (unpaired) electrons. The molecular formula is C51H86O12S. The molecule has 0 bridgehead atoms. The topological polar surface area (TPSA) is 186 Å². The number of unbranched alkanes of at least 4 members (excludes halogenated alkanes) is 19. The van der Waals surface area contributed by atoms with Crippen LogP contribution >= 0.6 is 0 Å². The second kappa shape index (κ2) is 40.4. The summed E-state index contributed by atoms with van der Waals surface area (Å²) in [7, 11) is -4.62. The third-order valence-corrected chi connectivity index (χ3v) is 11.6. The SMILES string of the molecule is CCCCCCCCC/C=C/C/C=C/C/C=C/C/C=C/CCCC(=O)OC[C@H](CO[C@H]1O[C@H](CS(=O)(=O)O)[C@@H](O)C(O)C1O)OC(=O)/C=C/C=C/CCCCCCCCCCCCC. The molecular weight excluding hydrogens is 837 g/mol. The van der Waals surface area contributed by atoms with Gasteiger partial charge in [0, 0.05) is 12.5 Å². The van der Waals surface area contributed by atoms with Crippen molar-refractivity contribution in [1.29, 1.82) is 0 Å². The highest BCUT2D eigenvalue weighted by molar-refractivity contribution is 7.85. The Kier molecular flexibility index (Phi) is 37.3. The smallest absolute Gasteiger partial charge is 0.331 e.